The molecule has 5 aromatic rings. The van der Waals surface area contributed by atoms with Crippen LogP contribution >= 0.6 is 0 Å². The molecule has 0 aliphatic carbocycles. The van der Waals surface area contributed by atoms with Gasteiger partial charge in [-0.05, 0) is 56.2 Å². The van der Waals surface area contributed by atoms with E-state index >= 15 is 0 Å². The van der Waals surface area contributed by atoms with Gasteiger partial charge < -0.3 is 15.6 Å². The Balaban J connectivity index is 1.43. The second-order valence-corrected chi connectivity index (χ2v) is 9.58. The molecular formula is C30H32N8O. The average Bonchev–Trinajstić information content (AvgIpc) is 3.59. The number of pyridine rings is 1. The quantitative estimate of drug-likeness (QED) is 0.274. The number of hydrogen-bond acceptors (Lipinski definition) is 5. The number of aryl methyl sites for hydroxylation is 2. The number of fused-ring (bicyclic) bond motifs is 2. The number of carbonyl (C=O) groups excluding carboxylic acids is 1. The van der Waals surface area contributed by atoms with Crippen molar-refractivity contribution in [2.45, 2.75) is 33.7 Å². The van der Waals surface area contributed by atoms with Gasteiger partial charge in [0, 0.05) is 29.9 Å². The summed E-state index contributed by atoms with van der Waals surface area (Å²) in [5.74, 6) is 0.682. The highest BCUT2D eigenvalue weighted by Crippen LogP contribution is 2.29. The first-order chi connectivity index (χ1) is 18.8. The van der Waals surface area contributed by atoms with Crippen molar-refractivity contribution in [3.05, 3.63) is 102 Å². The fourth-order valence-electron chi connectivity index (χ4n) is 4.63. The van der Waals surface area contributed by atoms with E-state index in [2.05, 4.69) is 28.8 Å². The highest BCUT2D eigenvalue weighted by atomic mass is 16.2. The van der Waals surface area contributed by atoms with Crippen molar-refractivity contribution in [1.29, 1.82) is 0 Å². The molecule has 5 rings (SSSR count). The van der Waals surface area contributed by atoms with Crippen LogP contribution in [-0.2, 0) is 20.0 Å². The number of carbonyl (C=O) groups is 1. The van der Waals surface area contributed by atoms with Crippen molar-refractivity contribution in [2.24, 2.45) is 12.8 Å². The number of imidazole rings is 2. The number of rotatable bonds is 8. The molecule has 1 amide bonds. The van der Waals surface area contributed by atoms with Gasteiger partial charge in [-0.15, -0.1) is 0 Å². The molecule has 1 aromatic carbocycles. The molecule has 4 aromatic heterocycles. The fourth-order valence-corrected chi connectivity index (χ4v) is 4.63. The smallest absolute Gasteiger partial charge is 0.274 e. The van der Waals surface area contributed by atoms with Crippen LogP contribution in [-0.4, -0.2) is 34.6 Å². The van der Waals surface area contributed by atoms with E-state index in [0.29, 0.717) is 23.6 Å². The van der Waals surface area contributed by atoms with E-state index in [4.69, 9.17) is 10.8 Å². The van der Waals surface area contributed by atoms with Crippen molar-refractivity contribution in [3.63, 3.8) is 0 Å². The summed E-state index contributed by atoms with van der Waals surface area (Å²) in [4.78, 5) is 22.3. The lowest BCUT2D eigenvalue weighted by molar-refractivity contribution is 0.102. The summed E-state index contributed by atoms with van der Waals surface area (Å²) in [5.41, 5.74) is 13.0. The van der Waals surface area contributed by atoms with Crippen LogP contribution in [0.5, 0.6) is 0 Å². The van der Waals surface area contributed by atoms with E-state index in [-0.39, 0.29) is 5.91 Å². The minimum atomic E-state index is -0.245. The number of benzene rings is 1. The largest absolute Gasteiger partial charge is 0.402 e. The zero-order chi connectivity index (χ0) is 27.7. The molecule has 0 spiro atoms. The Morgan fingerprint density at radius 2 is 2.03 bits per heavy atom. The number of amides is 1. The number of nitrogens with zero attached hydrogens (tertiary/aromatic N) is 6. The first kappa shape index (κ1) is 25.7. The summed E-state index contributed by atoms with van der Waals surface area (Å²) in [6, 6.07) is 9.76. The summed E-state index contributed by atoms with van der Waals surface area (Å²) in [6.45, 7) is 10.5. The highest BCUT2D eigenvalue weighted by molar-refractivity contribution is 6.08. The lowest BCUT2D eigenvalue weighted by Gasteiger charge is -2.09. The lowest BCUT2D eigenvalue weighted by atomic mass is 10.1. The second-order valence-electron chi connectivity index (χ2n) is 9.58. The molecule has 0 saturated carbocycles. The summed E-state index contributed by atoms with van der Waals surface area (Å²) in [7, 11) is 1.98. The number of nitrogens with two attached hydrogens (primary N) is 1. The van der Waals surface area contributed by atoms with Gasteiger partial charge in [-0.25, -0.2) is 9.97 Å². The fraction of sp³-hybridized carbons (Fsp3) is 0.200. The van der Waals surface area contributed by atoms with Crippen molar-refractivity contribution in [3.8, 4) is 11.3 Å². The summed E-state index contributed by atoms with van der Waals surface area (Å²) >= 11 is 0. The Morgan fingerprint density at radius 1 is 1.21 bits per heavy atom. The molecule has 0 aliphatic heterocycles. The molecule has 0 radical (unpaired) electrons. The van der Waals surface area contributed by atoms with Crippen LogP contribution in [0.15, 0.2) is 85.0 Å². The molecule has 0 bridgehead atoms. The van der Waals surface area contributed by atoms with Crippen LogP contribution in [0.4, 0.5) is 5.69 Å². The van der Waals surface area contributed by atoms with Gasteiger partial charge in [-0.1, -0.05) is 31.7 Å². The SMILES string of the molecule is C=C(/C=C\C=C(\C)N)Cn1nc(CC)c2c(NC(=O)c3cnc4cc(-c5cnc(C)n5C)ccn34)cccc21. The Bertz CT molecular complexity index is 1780. The van der Waals surface area contributed by atoms with Crippen molar-refractivity contribution in [1.82, 2.24) is 28.7 Å². The number of aromatic nitrogens is 6. The van der Waals surface area contributed by atoms with E-state index in [1.165, 1.54) is 0 Å². The van der Waals surface area contributed by atoms with Crippen LogP contribution in [0.25, 0.3) is 27.8 Å². The van der Waals surface area contributed by atoms with Gasteiger partial charge in [0.2, 0.25) is 0 Å². The molecule has 39 heavy (non-hydrogen) atoms. The summed E-state index contributed by atoms with van der Waals surface area (Å²) in [6.07, 6.45) is 11.7. The maximum atomic E-state index is 13.5. The van der Waals surface area contributed by atoms with Gasteiger partial charge in [0.15, 0.2) is 0 Å². The molecule has 0 fully saturated rings. The van der Waals surface area contributed by atoms with Gasteiger partial charge in [0.05, 0.1) is 41.5 Å². The monoisotopic (exact) mass is 520 g/mol. The average molecular weight is 521 g/mol. The molecule has 9 heteroatoms. The zero-order valence-corrected chi connectivity index (χ0v) is 22.6. The van der Waals surface area contributed by atoms with E-state index in [0.717, 1.165) is 51.4 Å². The van der Waals surface area contributed by atoms with E-state index in [9.17, 15) is 4.79 Å². The standard InChI is InChI=1S/C30H32N8O/c1-6-23-29-24(11-8-12-25(29)38(35-23)18-19(2)9-7-10-20(3)31)34-30(39)27-17-33-28-15-22(13-14-37(27)28)26-16-32-21(4)36(26)5/h7-17H,2,6,18,31H2,1,3-5H3,(H,34,39)/b9-7-,20-10-. The normalized spacial score (nSPS) is 12.2. The molecule has 0 atom stereocenters. The third-order valence-corrected chi connectivity index (χ3v) is 6.74. The van der Waals surface area contributed by atoms with Crippen molar-refractivity contribution < 1.29 is 4.79 Å². The van der Waals surface area contributed by atoms with Gasteiger partial charge in [-0.2, -0.15) is 5.10 Å². The predicted molar refractivity (Wildman–Crippen MR) is 155 cm³/mol. The van der Waals surface area contributed by atoms with Crippen LogP contribution in [0.3, 0.4) is 0 Å². The second kappa shape index (κ2) is 10.4. The summed E-state index contributed by atoms with van der Waals surface area (Å²) < 4.78 is 5.74. The van der Waals surface area contributed by atoms with Crippen molar-refractivity contribution in [2.75, 3.05) is 5.32 Å². The van der Waals surface area contributed by atoms with Crippen LogP contribution in [0.1, 0.15) is 35.9 Å². The third-order valence-electron chi connectivity index (χ3n) is 6.74. The van der Waals surface area contributed by atoms with Crippen molar-refractivity contribution >= 4 is 28.1 Å². The predicted octanol–water partition coefficient (Wildman–Crippen LogP) is 5.18. The highest BCUT2D eigenvalue weighted by Gasteiger charge is 2.18. The zero-order valence-electron chi connectivity index (χ0n) is 22.6. The summed E-state index contributed by atoms with van der Waals surface area (Å²) in [5, 5.41) is 8.85. The molecule has 4 heterocycles. The van der Waals surface area contributed by atoms with Crippen LogP contribution < -0.4 is 11.1 Å². The molecule has 9 nitrogen and oxygen atoms in total. The molecule has 198 valence electrons. The van der Waals surface area contributed by atoms with Gasteiger partial charge >= 0.3 is 0 Å². The van der Waals surface area contributed by atoms with E-state index < -0.39 is 0 Å². The Labute approximate surface area is 227 Å². The third kappa shape index (κ3) is 4.98. The Kier molecular flexibility index (Phi) is 6.89. The molecule has 0 aliphatic rings. The Morgan fingerprint density at radius 3 is 2.74 bits per heavy atom. The molecule has 3 N–H and O–H groups in total. The maximum Gasteiger partial charge on any atom is 0.274 e. The first-order valence-corrected chi connectivity index (χ1v) is 12.8. The Hall–Kier alpha value is -4.92. The minimum absolute atomic E-state index is 0.245. The molecular weight excluding hydrogens is 488 g/mol. The number of allylic oxidation sites excluding steroid dienone is 5. The lowest BCUT2D eigenvalue weighted by Crippen LogP contribution is -2.14. The van der Waals surface area contributed by atoms with Gasteiger partial charge in [0.25, 0.3) is 5.91 Å². The van der Waals surface area contributed by atoms with E-state index in [1.54, 1.807) is 10.6 Å². The van der Waals surface area contributed by atoms with E-state index in [1.807, 2.05) is 91.1 Å². The topological polar surface area (TPSA) is 108 Å². The molecule has 0 saturated heterocycles. The number of anilines is 1. The number of nitrogens with one attached hydrogen (secondary N) is 1. The molecule has 0 unspecified atom stereocenters. The maximum absolute atomic E-state index is 13.5. The minimum Gasteiger partial charge on any atom is -0.402 e. The van der Waals surface area contributed by atoms with Crippen LogP contribution in [0.2, 0.25) is 0 Å². The first-order valence-electron chi connectivity index (χ1n) is 12.8. The van der Waals surface area contributed by atoms with Gasteiger partial charge in [-0.3, -0.25) is 13.9 Å². The van der Waals surface area contributed by atoms with Crippen LogP contribution in [0, 0.1) is 6.92 Å². The number of hydrogen-bond donors (Lipinski definition) is 2. The van der Waals surface area contributed by atoms with Gasteiger partial charge in [0.1, 0.15) is 17.2 Å².